The van der Waals surface area contributed by atoms with Crippen molar-refractivity contribution in [1.29, 1.82) is 0 Å². The highest BCUT2D eigenvalue weighted by molar-refractivity contribution is 9.10. The van der Waals surface area contributed by atoms with Crippen LogP contribution in [0.3, 0.4) is 0 Å². The average molecular weight is 444 g/mol. The van der Waals surface area contributed by atoms with E-state index in [1.807, 2.05) is 13.0 Å². The van der Waals surface area contributed by atoms with Crippen LogP contribution in [0.25, 0.3) is 0 Å². The van der Waals surface area contributed by atoms with Crippen LogP contribution in [0.2, 0.25) is 10.0 Å². The van der Waals surface area contributed by atoms with Gasteiger partial charge in [-0.1, -0.05) is 52.1 Å². The van der Waals surface area contributed by atoms with Gasteiger partial charge in [-0.15, -0.1) is 0 Å². The minimum atomic E-state index is -0.317. The van der Waals surface area contributed by atoms with Crippen molar-refractivity contribution in [2.24, 2.45) is 5.92 Å². The number of carbonyl (C=O) groups is 2. The van der Waals surface area contributed by atoms with Crippen LogP contribution in [0.1, 0.15) is 19.4 Å². The van der Waals surface area contributed by atoms with Crippen LogP contribution < -0.4 is 10.6 Å². The Morgan fingerprint density at radius 1 is 1.08 bits per heavy atom. The van der Waals surface area contributed by atoms with Gasteiger partial charge in [0.2, 0.25) is 11.8 Å². The number of anilines is 2. The lowest BCUT2D eigenvalue weighted by atomic mass is 10.00. The van der Waals surface area contributed by atoms with Crippen molar-refractivity contribution in [2.75, 3.05) is 10.6 Å². The molecule has 1 unspecified atom stereocenters. The molecular formula is C18H17BrCl2N2O2. The third kappa shape index (κ3) is 5.73. The molecule has 4 nitrogen and oxygen atoms in total. The third-order valence-electron chi connectivity index (χ3n) is 3.54. The number of hydrogen-bond acceptors (Lipinski definition) is 2. The van der Waals surface area contributed by atoms with Crippen molar-refractivity contribution >= 4 is 62.3 Å². The van der Waals surface area contributed by atoms with Crippen LogP contribution in [0, 0.1) is 5.92 Å². The highest BCUT2D eigenvalue weighted by Crippen LogP contribution is 2.28. The maximum Gasteiger partial charge on any atom is 0.227 e. The Bertz CT molecular complexity index is 812. The van der Waals surface area contributed by atoms with Crippen LogP contribution in [0.4, 0.5) is 11.4 Å². The predicted octanol–water partition coefficient (Wildman–Crippen LogP) is 5.53. The normalized spacial score (nSPS) is 11.7. The Labute approximate surface area is 165 Å². The topological polar surface area (TPSA) is 58.2 Å². The van der Waals surface area contributed by atoms with E-state index in [-0.39, 0.29) is 17.7 Å². The number of halogens is 3. The molecule has 2 N–H and O–H groups in total. The summed E-state index contributed by atoms with van der Waals surface area (Å²) in [5.74, 6) is -0.697. The zero-order valence-electron chi connectivity index (χ0n) is 13.7. The zero-order valence-corrected chi connectivity index (χ0v) is 16.8. The van der Waals surface area contributed by atoms with Crippen molar-refractivity contribution in [3.05, 3.63) is 56.5 Å². The Balaban J connectivity index is 2.13. The molecule has 0 spiro atoms. The zero-order chi connectivity index (χ0) is 18.6. The Morgan fingerprint density at radius 3 is 2.44 bits per heavy atom. The monoisotopic (exact) mass is 442 g/mol. The highest BCUT2D eigenvalue weighted by atomic mass is 79.9. The fourth-order valence-electron chi connectivity index (χ4n) is 2.28. The van der Waals surface area contributed by atoms with E-state index in [0.717, 1.165) is 10.0 Å². The van der Waals surface area contributed by atoms with E-state index in [1.165, 1.54) is 6.92 Å². The van der Waals surface area contributed by atoms with E-state index in [4.69, 9.17) is 23.2 Å². The van der Waals surface area contributed by atoms with Gasteiger partial charge >= 0.3 is 0 Å². The first-order chi connectivity index (χ1) is 11.8. The third-order valence-corrected chi connectivity index (χ3v) is 4.62. The van der Waals surface area contributed by atoms with E-state index in [9.17, 15) is 9.59 Å². The van der Waals surface area contributed by atoms with Crippen LogP contribution in [0.15, 0.2) is 40.9 Å². The molecule has 2 rings (SSSR count). The second kappa shape index (κ2) is 8.70. The van der Waals surface area contributed by atoms with Crippen molar-refractivity contribution < 1.29 is 9.59 Å². The van der Waals surface area contributed by atoms with E-state index < -0.39 is 0 Å². The quantitative estimate of drug-likeness (QED) is 0.637. The van der Waals surface area contributed by atoms with E-state index >= 15 is 0 Å². The molecule has 0 fully saturated rings. The minimum Gasteiger partial charge on any atom is -0.325 e. The standard InChI is InChI=1S/C18H17BrCl2N2O2/c1-10(7-12-3-5-14(20)9-15(12)21)18(25)23-17-8-13(19)4-6-16(17)22-11(2)24/h3-6,8-10H,7H2,1-2H3,(H,22,24)(H,23,25). The molecule has 0 radical (unpaired) electrons. The van der Waals surface area contributed by atoms with Crippen molar-refractivity contribution in [1.82, 2.24) is 0 Å². The average Bonchev–Trinajstić information content (AvgIpc) is 2.52. The summed E-state index contributed by atoms with van der Waals surface area (Å²) in [6.45, 7) is 3.23. The van der Waals surface area contributed by atoms with Gasteiger partial charge in [0.1, 0.15) is 0 Å². The van der Waals surface area contributed by atoms with Gasteiger partial charge in [-0.3, -0.25) is 9.59 Å². The lowest BCUT2D eigenvalue weighted by Gasteiger charge is -2.16. The molecule has 0 aliphatic rings. The summed E-state index contributed by atoms with van der Waals surface area (Å²) in [6, 6.07) is 10.5. The van der Waals surface area contributed by atoms with Crippen molar-refractivity contribution in [2.45, 2.75) is 20.3 Å². The first-order valence-electron chi connectivity index (χ1n) is 7.58. The lowest BCUT2D eigenvalue weighted by Crippen LogP contribution is -2.23. The molecule has 0 aliphatic carbocycles. The number of rotatable bonds is 5. The lowest BCUT2D eigenvalue weighted by molar-refractivity contribution is -0.119. The van der Waals surface area contributed by atoms with E-state index in [1.54, 1.807) is 30.3 Å². The molecule has 0 aliphatic heterocycles. The molecule has 7 heteroatoms. The molecule has 0 saturated heterocycles. The van der Waals surface area contributed by atoms with Crippen LogP contribution >= 0.6 is 39.1 Å². The first kappa shape index (κ1) is 19.8. The van der Waals surface area contributed by atoms with Crippen LogP contribution in [-0.4, -0.2) is 11.8 Å². The predicted molar refractivity (Wildman–Crippen MR) is 106 cm³/mol. The summed E-state index contributed by atoms with van der Waals surface area (Å²) in [5, 5.41) is 6.65. The van der Waals surface area contributed by atoms with Gasteiger partial charge in [-0.05, 0) is 42.3 Å². The van der Waals surface area contributed by atoms with Gasteiger partial charge in [-0.25, -0.2) is 0 Å². The SMILES string of the molecule is CC(=O)Nc1ccc(Br)cc1NC(=O)C(C)Cc1ccc(Cl)cc1Cl. The number of benzene rings is 2. The summed E-state index contributed by atoms with van der Waals surface area (Å²) in [6.07, 6.45) is 0.477. The van der Waals surface area contributed by atoms with E-state index in [0.29, 0.717) is 27.8 Å². The second-order valence-electron chi connectivity index (χ2n) is 5.70. The molecule has 0 heterocycles. The van der Waals surface area contributed by atoms with Gasteiger partial charge in [0.25, 0.3) is 0 Å². The maximum atomic E-state index is 12.5. The van der Waals surface area contributed by atoms with Gasteiger partial charge in [0.15, 0.2) is 0 Å². The Morgan fingerprint density at radius 2 is 1.80 bits per heavy atom. The van der Waals surface area contributed by atoms with Gasteiger partial charge in [0.05, 0.1) is 11.4 Å². The molecular weight excluding hydrogens is 427 g/mol. The molecule has 2 aromatic carbocycles. The molecule has 1 atom stereocenters. The fraction of sp³-hybridized carbons (Fsp3) is 0.222. The number of hydrogen-bond donors (Lipinski definition) is 2. The largest absolute Gasteiger partial charge is 0.325 e. The number of nitrogens with one attached hydrogen (secondary N) is 2. The molecule has 25 heavy (non-hydrogen) atoms. The van der Waals surface area contributed by atoms with Crippen molar-refractivity contribution in [3.8, 4) is 0 Å². The Kier molecular flexibility index (Phi) is 6.87. The summed E-state index contributed by atoms with van der Waals surface area (Å²) in [5.41, 5.74) is 1.93. The highest BCUT2D eigenvalue weighted by Gasteiger charge is 2.17. The fourth-order valence-corrected chi connectivity index (χ4v) is 3.13. The second-order valence-corrected chi connectivity index (χ2v) is 7.46. The summed E-state index contributed by atoms with van der Waals surface area (Å²) < 4.78 is 0.797. The smallest absolute Gasteiger partial charge is 0.227 e. The minimum absolute atomic E-state index is 0.171. The van der Waals surface area contributed by atoms with Gasteiger partial charge < -0.3 is 10.6 Å². The first-order valence-corrected chi connectivity index (χ1v) is 9.13. The maximum absolute atomic E-state index is 12.5. The molecule has 0 saturated carbocycles. The van der Waals surface area contributed by atoms with Gasteiger partial charge in [-0.2, -0.15) is 0 Å². The Hall–Kier alpha value is -1.56. The molecule has 0 aromatic heterocycles. The number of carbonyl (C=O) groups excluding carboxylic acids is 2. The molecule has 132 valence electrons. The number of amides is 2. The van der Waals surface area contributed by atoms with Crippen LogP contribution in [-0.2, 0) is 16.0 Å². The molecule has 0 bridgehead atoms. The summed E-state index contributed by atoms with van der Waals surface area (Å²) in [4.78, 5) is 23.9. The summed E-state index contributed by atoms with van der Waals surface area (Å²) in [7, 11) is 0. The van der Waals surface area contributed by atoms with Crippen molar-refractivity contribution in [3.63, 3.8) is 0 Å². The molecule has 2 amide bonds. The summed E-state index contributed by atoms with van der Waals surface area (Å²) >= 11 is 15.4. The van der Waals surface area contributed by atoms with Gasteiger partial charge in [0, 0.05) is 27.4 Å². The molecule has 2 aromatic rings. The van der Waals surface area contributed by atoms with Crippen LogP contribution in [0.5, 0.6) is 0 Å². The van der Waals surface area contributed by atoms with E-state index in [2.05, 4.69) is 26.6 Å².